The topological polar surface area (TPSA) is 9.23 Å². The van der Waals surface area contributed by atoms with Crippen LogP contribution in [0, 0.1) is 5.82 Å². The molecule has 0 aliphatic heterocycles. The molecular weight excluding hydrogens is 279 g/mol. The van der Waals surface area contributed by atoms with Crippen LogP contribution in [0.5, 0.6) is 0 Å². The molecule has 1 aliphatic carbocycles. The fraction of sp³-hybridized carbons (Fsp3) is 0.556. The zero-order valence-electron chi connectivity index (χ0n) is 13.9. The first-order valence-electron chi connectivity index (χ1n) is 7.82. The summed E-state index contributed by atoms with van der Waals surface area (Å²) in [6.45, 7) is 11.4. The second-order valence-corrected chi connectivity index (χ2v) is 12.3. The molecule has 0 radical (unpaired) electrons. The summed E-state index contributed by atoms with van der Waals surface area (Å²) in [5, 5.41) is 0.250. The van der Waals surface area contributed by atoms with Gasteiger partial charge in [-0.15, -0.1) is 0 Å². The SMILES string of the molecule is CC(C)(C)[Si](C)(C)OC1CC=C(c2cccc(F)c2)CC1. The Labute approximate surface area is 129 Å². The van der Waals surface area contributed by atoms with Gasteiger partial charge in [-0.05, 0) is 60.7 Å². The van der Waals surface area contributed by atoms with Gasteiger partial charge in [0.2, 0.25) is 0 Å². The summed E-state index contributed by atoms with van der Waals surface area (Å²) in [5.41, 5.74) is 2.27. The number of hydrogen-bond donors (Lipinski definition) is 0. The van der Waals surface area contributed by atoms with Crippen molar-refractivity contribution in [3.63, 3.8) is 0 Å². The van der Waals surface area contributed by atoms with Gasteiger partial charge in [-0.25, -0.2) is 4.39 Å². The van der Waals surface area contributed by atoms with Crippen LogP contribution in [0.2, 0.25) is 18.1 Å². The predicted octanol–water partition coefficient (Wildman–Crippen LogP) is 5.78. The molecule has 0 saturated heterocycles. The molecule has 0 aromatic heterocycles. The molecule has 0 spiro atoms. The largest absolute Gasteiger partial charge is 0.414 e. The number of benzene rings is 1. The van der Waals surface area contributed by atoms with Crippen molar-refractivity contribution < 1.29 is 8.82 Å². The van der Waals surface area contributed by atoms with Crippen molar-refractivity contribution in [1.29, 1.82) is 0 Å². The van der Waals surface area contributed by atoms with Crippen LogP contribution in [-0.2, 0) is 4.43 Å². The fourth-order valence-electron chi connectivity index (χ4n) is 2.46. The lowest BCUT2D eigenvalue weighted by Crippen LogP contribution is -2.44. The summed E-state index contributed by atoms with van der Waals surface area (Å²) in [5.74, 6) is -0.159. The zero-order chi connectivity index (χ0) is 15.7. The number of halogens is 1. The van der Waals surface area contributed by atoms with Crippen LogP contribution in [0.15, 0.2) is 30.3 Å². The van der Waals surface area contributed by atoms with E-state index in [1.165, 1.54) is 11.6 Å². The van der Waals surface area contributed by atoms with E-state index in [4.69, 9.17) is 4.43 Å². The van der Waals surface area contributed by atoms with Crippen LogP contribution in [0.4, 0.5) is 4.39 Å². The normalized spacial score (nSPS) is 20.3. The summed E-state index contributed by atoms with van der Waals surface area (Å²) < 4.78 is 19.8. The van der Waals surface area contributed by atoms with Crippen molar-refractivity contribution in [3.8, 4) is 0 Å². The first kappa shape index (κ1) is 16.4. The van der Waals surface area contributed by atoms with E-state index in [1.807, 2.05) is 6.07 Å². The minimum Gasteiger partial charge on any atom is -0.414 e. The van der Waals surface area contributed by atoms with Crippen LogP contribution in [-0.4, -0.2) is 14.4 Å². The van der Waals surface area contributed by atoms with Gasteiger partial charge in [0, 0.05) is 6.10 Å². The Morgan fingerprint density at radius 1 is 1.24 bits per heavy atom. The lowest BCUT2D eigenvalue weighted by atomic mass is 9.92. The van der Waals surface area contributed by atoms with Gasteiger partial charge < -0.3 is 4.43 Å². The van der Waals surface area contributed by atoms with Crippen molar-refractivity contribution in [2.45, 2.75) is 64.3 Å². The first-order chi connectivity index (χ1) is 9.69. The molecule has 0 fully saturated rings. The fourth-order valence-corrected chi connectivity index (χ4v) is 3.86. The molecule has 0 N–H and O–H groups in total. The maximum atomic E-state index is 13.3. The predicted molar refractivity (Wildman–Crippen MR) is 90.3 cm³/mol. The Balaban J connectivity index is 2.02. The molecule has 1 atom stereocenters. The summed E-state index contributed by atoms with van der Waals surface area (Å²) in [7, 11) is -1.69. The van der Waals surface area contributed by atoms with Gasteiger partial charge in [0.1, 0.15) is 5.82 Å². The molecule has 0 heterocycles. The molecule has 0 amide bonds. The maximum Gasteiger partial charge on any atom is 0.192 e. The molecule has 1 aromatic rings. The smallest absolute Gasteiger partial charge is 0.192 e. The van der Waals surface area contributed by atoms with Gasteiger partial charge in [-0.1, -0.05) is 39.0 Å². The van der Waals surface area contributed by atoms with Crippen LogP contribution in [0.1, 0.15) is 45.6 Å². The van der Waals surface area contributed by atoms with Gasteiger partial charge in [0.15, 0.2) is 8.32 Å². The summed E-state index contributed by atoms with van der Waals surface area (Å²) in [6, 6.07) is 6.89. The van der Waals surface area contributed by atoms with E-state index in [2.05, 4.69) is 39.9 Å². The lowest BCUT2D eigenvalue weighted by Gasteiger charge is -2.40. The van der Waals surface area contributed by atoms with Crippen molar-refractivity contribution in [2.75, 3.05) is 0 Å². The zero-order valence-corrected chi connectivity index (χ0v) is 14.9. The summed E-state index contributed by atoms with van der Waals surface area (Å²) in [4.78, 5) is 0. The first-order valence-corrected chi connectivity index (χ1v) is 10.7. The monoisotopic (exact) mass is 306 g/mol. The van der Waals surface area contributed by atoms with Gasteiger partial charge >= 0.3 is 0 Å². The standard InChI is InChI=1S/C18H27FOSi/c1-18(2,3)21(4,5)20-17-11-9-14(10-12-17)15-7-6-8-16(19)13-15/h6-9,13,17H,10-12H2,1-5H3. The average Bonchev–Trinajstić information content (AvgIpc) is 2.38. The molecule has 1 aromatic carbocycles. The van der Waals surface area contributed by atoms with Gasteiger partial charge in [0.25, 0.3) is 0 Å². The summed E-state index contributed by atoms with van der Waals surface area (Å²) in [6.07, 6.45) is 5.51. The summed E-state index contributed by atoms with van der Waals surface area (Å²) >= 11 is 0. The number of hydrogen-bond acceptors (Lipinski definition) is 1. The molecule has 1 nitrogen and oxygen atoms in total. The Bertz CT molecular complexity index is 528. The van der Waals surface area contributed by atoms with Gasteiger partial charge in [-0.2, -0.15) is 0 Å². The Kier molecular flexibility index (Phi) is 4.74. The highest BCUT2D eigenvalue weighted by atomic mass is 28.4. The molecule has 0 bridgehead atoms. The van der Waals surface area contributed by atoms with Gasteiger partial charge in [0.05, 0.1) is 0 Å². The van der Waals surface area contributed by atoms with Gasteiger partial charge in [-0.3, -0.25) is 0 Å². The van der Waals surface area contributed by atoms with E-state index in [-0.39, 0.29) is 10.9 Å². The lowest BCUT2D eigenvalue weighted by molar-refractivity contribution is 0.172. The maximum absolute atomic E-state index is 13.3. The van der Waals surface area contributed by atoms with E-state index in [1.54, 1.807) is 12.1 Å². The Morgan fingerprint density at radius 2 is 1.95 bits per heavy atom. The molecule has 2 rings (SSSR count). The third-order valence-corrected chi connectivity index (χ3v) is 9.36. The molecule has 1 unspecified atom stereocenters. The molecule has 1 aliphatic rings. The minimum atomic E-state index is -1.69. The third kappa shape index (κ3) is 4.04. The van der Waals surface area contributed by atoms with Crippen molar-refractivity contribution in [1.82, 2.24) is 0 Å². The Morgan fingerprint density at radius 3 is 2.48 bits per heavy atom. The van der Waals surface area contributed by atoms with Crippen molar-refractivity contribution in [3.05, 3.63) is 41.7 Å². The highest BCUT2D eigenvalue weighted by Crippen LogP contribution is 2.39. The van der Waals surface area contributed by atoms with E-state index in [0.29, 0.717) is 6.10 Å². The number of rotatable bonds is 3. The second-order valence-electron chi connectivity index (χ2n) is 7.51. The molecule has 116 valence electrons. The Hall–Kier alpha value is -0.933. The van der Waals surface area contributed by atoms with E-state index >= 15 is 0 Å². The van der Waals surface area contributed by atoms with Crippen LogP contribution < -0.4 is 0 Å². The highest BCUT2D eigenvalue weighted by molar-refractivity contribution is 6.74. The van der Waals surface area contributed by atoms with E-state index < -0.39 is 8.32 Å². The third-order valence-electron chi connectivity index (χ3n) is 4.83. The van der Waals surface area contributed by atoms with Crippen LogP contribution in [0.25, 0.3) is 5.57 Å². The van der Waals surface area contributed by atoms with Crippen LogP contribution >= 0.6 is 0 Å². The minimum absolute atomic E-state index is 0.159. The second kappa shape index (κ2) is 6.05. The molecule has 0 saturated carbocycles. The van der Waals surface area contributed by atoms with E-state index in [0.717, 1.165) is 24.8 Å². The quantitative estimate of drug-likeness (QED) is 0.643. The molecule has 21 heavy (non-hydrogen) atoms. The van der Waals surface area contributed by atoms with Crippen molar-refractivity contribution in [2.24, 2.45) is 0 Å². The van der Waals surface area contributed by atoms with E-state index in [9.17, 15) is 4.39 Å². The van der Waals surface area contributed by atoms with Crippen LogP contribution in [0.3, 0.4) is 0 Å². The number of allylic oxidation sites excluding steroid dienone is 1. The average molecular weight is 306 g/mol. The highest BCUT2D eigenvalue weighted by Gasteiger charge is 2.39. The molecular formula is C18H27FOSi. The molecule has 3 heteroatoms. The van der Waals surface area contributed by atoms with Crippen molar-refractivity contribution >= 4 is 13.9 Å².